The molecule has 2 atom stereocenters. The molecule has 0 aromatic carbocycles. The largest absolute Gasteiger partial charge is 0.445 e. The first-order valence-corrected chi connectivity index (χ1v) is 10.2. The maximum Gasteiger partial charge on any atom is 0.408 e. The summed E-state index contributed by atoms with van der Waals surface area (Å²) in [6.07, 6.45) is 3.46. The number of nitrogens with one attached hydrogen (secondary N) is 1. The van der Waals surface area contributed by atoms with Crippen molar-refractivity contribution in [2.24, 2.45) is 0 Å². The van der Waals surface area contributed by atoms with E-state index in [0.29, 0.717) is 12.4 Å². The van der Waals surface area contributed by atoms with Crippen LogP contribution in [0.15, 0.2) is 6.20 Å². The topological polar surface area (TPSA) is 103 Å². The van der Waals surface area contributed by atoms with Crippen LogP contribution in [0.3, 0.4) is 0 Å². The van der Waals surface area contributed by atoms with Crippen LogP contribution in [-0.4, -0.2) is 54.6 Å². The number of carbonyl (C=O) groups is 1. The van der Waals surface area contributed by atoms with Crippen molar-refractivity contribution in [3.8, 4) is 0 Å². The van der Waals surface area contributed by atoms with Gasteiger partial charge in [0.05, 0.1) is 0 Å². The van der Waals surface area contributed by atoms with Crippen LogP contribution >= 0.6 is 34.8 Å². The lowest BCUT2D eigenvalue weighted by Gasteiger charge is -2.43. The molecule has 12 heteroatoms. The lowest BCUT2D eigenvalue weighted by Crippen LogP contribution is -2.59. The lowest BCUT2D eigenvalue weighted by molar-refractivity contribution is -0.392. The molecular formula is C16H24Cl3N5O4. The Balaban J connectivity index is 1.97. The number of piperidine rings is 1. The van der Waals surface area contributed by atoms with Crippen LogP contribution in [0.25, 0.3) is 0 Å². The number of alkyl halides is 3. The van der Waals surface area contributed by atoms with Gasteiger partial charge in [0, 0.05) is 19.5 Å². The summed E-state index contributed by atoms with van der Waals surface area (Å²) in [5.41, 5.74) is 0. The summed E-state index contributed by atoms with van der Waals surface area (Å²) in [6, 6.07) is 0.200. The zero-order valence-electron chi connectivity index (χ0n) is 15.7. The molecule has 28 heavy (non-hydrogen) atoms. The molecule has 1 N–H and O–H groups in total. The number of aromatic nitrogens is 2. The molecule has 0 radical (unpaired) electrons. The SMILES string of the molecule is CCC1CCCCN1C(NC(=O)OCCn1c([N+](=O)[O-])cnc1C)C(Cl)(Cl)Cl. The Morgan fingerprint density at radius 1 is 1.50 bits per heavy atom. The van der Waals surface area contributed by atoms with E-state index in [1.807, 2.05) is 4.90 Å². The van der Waals surface area contributed by atoms with Crippen LogP contribution in [0.2, 0.25) is 0 Å². The lowest BCUT2D eigenvalue weighted by atomic mass is 9.99. The predicted molar refractivity (Wildman–Crippen MR) is 107 cm³/mol. The van der Waals surface area contributed by atoms with Gasteiger partial charge in [0.25, 0.3) is 0 Å². The number of nitro groups is 1. The number of likely N-dealkylation sites (tertiary alicyclic amines) is 1. The van der Waals surface area contributed by atoms with Crippen molar-refractivity contribution in [3.63, 3.8) is 0 Å². The van der Waals surface area contributed by atoms with Gasteiger partial charge < -0.3 is 20.2 Å². The van der Waals surface area contributed by atoms with Gasteiger partial charge in [0.2, 0.25) is 3.79 Å². The van der Waals surface area contributed by atoms with E-state index in [9.17, 15) is 14.9 Å². The van der Waals surface area contributed by atoms with Gasteiger partial charge in [-0.2, -0.15) is 0 Å². The first kappa shape index (κ1) is 23.0. The molecule has 1 fully saturated rings. The van der Waals surface area contributed by atoms with E-state index >= 15 is 0 Å². The van der Waals surface area contributed by atoms with Crippen LogP contribution in [0, 0.1) is 17.0 Å². The minimum Gasteiger partial charge on any atom is -0.445 e. The molecule has 1 saturated heterocycles. The monoisotopic (exact) mass is 455 g/mol. The summed E-state index contributed by atoms with van der Waals surface area (Å²) in [4.78, 5) is 28.6. The van der Waals surface area contributed by atoms with Crippen LogP contribution in [-0.2, 0) is 11.3 Å². The number of nitrogens with zero attached hydrogens (tertiary/aromatic N) is 4. The van der Waals surface area contributed by atoms with Crippen molar-refractivity contribution in [1.82, 2.24) is 19.8 Å². The summed E-state index contributed by atoms with van der Waals surface area (Å²) < 4.78 is 4.79. The summed E-state index contributed by atoms with van der Waals surface area (Å²) in [7, 11) is 0. The zero-order valence-corrected chi connectivity index (χ0v) is 18.0. The number of imidazole rings is 1. The van der Waals surface area contributed by atoms with Gasteiger partial charge in [-0.3, -0.25) is 4.90 Å². The van der Waals surface area contributed by atoms with E-state index in [4.69, 9.17) is 39.5 Å². The minimum absolute atomic E-state index is 0.0896. The van der Waals surface area contributed by atoms with Crippen LogP contribution < -0.4 is 5.32 Å². The van der Waals surface area contributed by atoms with Crippen molar-refractivity contribution in [2.75, 3.05) is 13.2 Å². The number of aryl methyl sites for hydroxylation is 1. The maximum atomic E-state index is 12.3. The van der Waals surface area contributed by atoms with E-state index < -0.39 is 21.0 Å². The second kappa shape index (κ2) is 9.96. The number of amides is 1. The molecule has 0 saturated carbocycles. The average molecular weight is 457 g/mol. The molecule has 2 unspecified atom stereocenters. The van der Waals surface area contributed by atoms with Gasteiger partial charge in [0.15, 0.2) is 5.82 Å². The number of hydrogen-bond donors (Lipinski definition) is 1. The molecule has 1 amide bonds. The smallest absolute Gasteiger partial charge is 0.408 e. The van der Waals surface area contributed by atoms with E-state index in [0.717, 1.165) is 31.9 Å². The van der Waals surface area contributed by atoms with Crippen molar-refractivity contribution in [2.45, 2.75) is 62.1 Å². The summed E-state index contributed by atoms with van der Waals surface area (Å²) in [5.74, 6) is 0.286. The molecule has 2 heterocycles. The van der Waals surface area contributed by atoms with Gasteiger partial charge in [-0.15, -0.1) is 0 Å². The Morgan fingerprint density at radius 3 is 2.82 bits per heavy atom. The van der Waals surface area contributed by atoms with E-state index in [1.54, 1.807) is 6.92 Å². The fourth-order valence-electron chi connectivity index (χ4n) is 3.42. The standard InChI is InChI=1S/C16H24Cl3N5O4/c1-3-12-6-4-5-7-23(12)14(16(17,18)19)21-15(25)28-9-8-22-11(2)20-10-13(22)24(26)27/h10,12,14H,3-9H2,1-2H3,(H,21,25). The first-order chi connectivity index (χ1) is 13.1. The van der Waals surface area contributed by atoms with Crippen LogP contribution in [0.4, 0.5) is 10.6 Å². The molecule has 0 bridgehead atoms. The Hall–Kier alpha value is -1.29. The Morgan fingerprint density at radius 2 is 2.21 bits per heavy atom. The van der Waals surface area contributed by atoms with Gasteiger partial charge in [0.1, 0.15) is 25.5 Å². The number of ether oxygens (including phenoxy) is 1. The molecule has 1 aliphatic rings. The average Bonchev–Trinajstić information content (AvgIpc) is 3.00. The number of alkyl carbamates (subject to hydrolysis) is 1. The van der Waals surface area contributed by atoms with Crippen molar-refractivity contribution in [1.29, 1.82) is 0 Å². The van der Waals surface area contributed by atoms with Gasteiger partial charge >= 0.3 is 11.9 Å². The third kappa shape index (κ3) is 5.85. The number of rotatable bonds is 7. The Kier molecular flexibility index (Phi) is 8.18. The second-order valence-corrected chi connectivity index (χ2v) is 8.96. The summed E-state index contributed by atoms with van der Waals surface area (Å²) >= 11 is 18.4. The molecule has 158 valence electrons. The van der Waals surface area contributed by atoms with E-state index in [2.05, 4.69) is 17.2 Å². The number of halogens is 3. The third-order valence-electron chi connectivity index (χ3n) is 4.81. The quantitative estimate of drug-likeness (QED) is 0.380. The highest BCUT2D eigenvalue weighted by atomic mass is 35.6. The zero-order chi connectivity index (χ0) is 20.9. The molecular weight excluding hydrogens is 433 g/mol. The molecule has 1 aromatic heterocycles. The predicted octanol–water partition coefficient (Wildman–Crippen LogP) is 3.79. The van der Waals surface area contributed by atoms with Crippen molar-refractivity contribution < 1.29 is 14.5 Å². The fraction of sp³-hybridized carbons (Fsp3) is 0.750. The first-order valence-electron chi connectivity index (χ1n) is 9.07. The highest BCUT2D eigenvalue weighted by Gasteiger charge is 2.42. The highest BCUT2D eigenvalue weighted by molar-refractivity contribution is 6.68. The summed E-state index contributed by atoms with van der Waals surface area (Å²) in [5, 5.41) is 13.6. The minimum atomic E-state index is -1.73. The molecule has 2 rings (SSSR count). The molecule has 1 aliphatic heterocycles. The molecule has 0 aliphatic carbocycles. The van der Waals surface area contributed by atoms with Crippen molar-refractivity contribution in [3.05, 3.63) is 22.1 Å². The van der Waals surface area contributed by atoms with Gasteiger partial charge in [-0.25, -0.2) is 14.3 Å². The molecule has 9 nitrogen and oxygen atoms in total. The van der Waals surface area contributed by atoms with E-state index in [1.165, 1.54) is 4.57 Å². The molecule has 0 spiro atoms. The number of carbonyl (C=O) groups excluding carboxylic acids is 1. The third-order valence-corrected chi connectivity index (χ3v) is 5.43. The van der Waals surface area contributed by atoms with Crippen LogP contribution in [0.5, 0.6) is 0 Å². The highest BCUT2D eigenvalue weighted by Crippen LogP contribution is 2.35. The molecule has 1 aromatic rings. The number of hydrogen-bond acceptors (Lipinski definition) is 6. The maximum absolute atomic E-state index is 12.3. The van der Waals surface area contributed by atoms with E-state index in [-0.39, 0.29) is 25.0 Å². The second-order valence-electron chi connectivity index (χ2n) is 6.59. The van der Waals surface area contributed by atoms with Crippen molar-refractivity contribution >= 4 is 46.7 Å². The Labute approximate surface area is 178 Å². The Bertz CT molecular complexity index is 694. The van der Waals surface area contributed by atoms with Gasteiger partial charge in [-0.05, 0) is 24.2 Å². The normalized spacial score (nSPS) is 19.2. The fourth-order valence-corrected chi connectivity index (χ4v) is 3.96. The van der Waals surface area contributed by atoms with Crippen LogP contribution in [0.1, 0.15) is 38.4 Å². The van der Waals surface area contributed by atoms with Gasteiger partial charge in [-0.1, -0.05) is 48.1 Å². The summed E-state index contributed by atoms with van der Waals surface area (Å²) in [6.45, 7) is 4.39.